The number of carbonyl (C=O) groups is 1. The van der Waals surface area contributed by atoms with Gasteiger partial charge in [-0.05, 0) is 54.7 Å². The molecule has 0 aliphatic carbocycles. The maximum absolute atomic E-state index is 13.4. The van der Waals surface area contributed by atoms with Crippen molar-refractivity contribution in [3.8, 4) is 0 Å². The smallest absolute Gasteiger partial charge is 0.321 e. The Balaban J connectivity index is 1.54. The fourth-order valence-electron chi connectivity index (χ4n) is 4.21. The van der Waals surface area contributed by atoms with Crippen molar-refractivity contribution in [3.05, 3.63) is 59.2 Å². The Morgan fingerprint density at radius 1 is 1.25 bits per heavy atom. The normalized spacial score (nSPS) is 17.9. The molecule has 0 fully saturated rings. The molecule has 2 aromatic carbocycles. The lowest BCUT2D eigenvalue weighted by Crippen LogP contribution is -2.39. The molecule has 4 rings (SSSR count). The van der Waals surface area contributed by atoms with Crippen LogP contribution in [-0.2, 0) is 16.4 Å². The van der Waals surface area contributed by atoms with Gasteiger partial charge in [0.05, 0.1) is 17.5 Å². The topological polar surface area (TPSA) is 108 Å². The number of hydrogen-bond acceptors (Lipinski definition) is 5. The fraction of sp³-hybridized carbons (Fsp3) is 0.391. The van der Waals surface area contributed by atoms with E-state index in [0.717, 1.165) is 35.2 Å². The SMILES string of the molecule is CCCCNC(=O)N1CCc2cc(S(=O)(=O)N3C[C@H](c4ccccc4C)N=C3N)ccc21. The van der Waals surface area contributed by atoms with E-state index in [1.54, 1.807) is 23.1 Å². The van der Waals surface area contributed by atoms with Gasteiger partial charge in [-0.2, -0.15) is 0 Å². The molecule has 0 saturated heterocycles. The molecule has 0 aromatic heterocycles. The van der Waals surface area contributed by atoms with Crippen LogP contribution >= 0.6 is 0 Å². The van der Waals surface area contributed by atoms with Gasteiger partial charge in [0.2, 0.25) is 5.96 Å². The van der Waals surface area contributed by atoms with E-state index in [1.165, 1.54) is 4.31 Å². The van der Waals surface area contributed by atoms with Gasteiger partial charge in [-0.15, -0.1) is 0 Å². The van der Waals surface area contributed by atoms with Gasteiger partial charge < -0.3 is 11.1 Å². The van der Waals surface area contributed by atoms with Crippen molar-refractivity contribution in [2.45, 2.75) is 44.0 Å². The highest BCUT2D eigenvalue weighted by Crippen LogP contribution is 2.34. The van der Waals surface area contributed by atoms with Gasteiger partial charge in [0, 0.05) is 18.8 Å². The number of anilines is 1. The number of aliphatic imine (C=N–C) groups is 1. The van der Waals surface area contributed by atoms with Crippen LogP contribution in [0.5, 0.6) is 0 Å². The maximum Gasteiger partial charge on any atom is 0.321 e. The second kappa shape index (κ2) is 8.82. The van der Waals surface area contributed by atoms with Crippen molar-refractivity contribution < 1.29 is 13.2 Å². The lowest BCUT2D eigenvalue weighted by Gasteiger charge is -2.21. The van der Waals surface area contributed by atoms with Crippen LogP contribution in [0.15, 0.2) is 52.4 Å². The van der Waals surface area contributed by atoms with Crippen LogP contribution in [0.2, 0.25) is 0 Å². The lowest BCUT2D eigenvalue weighted by molar-refractivity contribution is 0.246. The summed E-state index contributed by atoms with van der Waals surface area (Å²) in [4.78, 5) is 18.7. The van der Waals surface area contributed by atoms with E-state index >= 15 is 0 Å². The molecule has 32 heavy (non-hydrogen) atoms. The summed E-state index contributed by atoms with van der Waals surface area (Å²) in [7, 11) is -3.86. The molecule has 2 aromatic rings. The van der Waals surface area contributed by atoms with Crippen molar-refractivity contribution >= 4 is 27.7 Å². The molecule has 9 heteroatoms. The highest BCUT2D eigenvalue weighted by atomic mass is 32.2. The number of rotatable bonds is 6. The average molecular weight is 456 g/mol. The Labute approximate surface area is 189 Å². The number of amides is 2. The third kappa shape index (κ3) is 4.04. The van der Waals surface area contributed by atoms with Crippen LogP contribution in [0.4, 0.5) is 10.5 Å². The third-order valence-corrected chi connectivity index (χ3v) is 7.78. The van der Waals surface area contributed by atoms with E-state index in [4.69, 9.17) is 5.73 Å². The fourth-order valence-corrected chi connectivity index (χ4v) is 5.63. The van der Waals surface area contributed by atoms with Crippen LogP contribution in [0.1, 0.15) is 42.5 Å². The Bertz CT molecular complexity index is 1160. The number of nitrogens with two attached hydrogens (primary N) is 1. The number of hydrogen-bond donors (Lipinski definition) is 2. The van der Waals surface area contributed by atoms with Crippen molar-refractivity contribution in [1.82, 2.24) is 9.62 Å². The second-order valence-corrected chi connectivity index (χ2v) is 10.0. The minimum atomic E-state index is -3.86. The zero-order chi connectivity index (χ0) is 22.9. The van der Waals surface area contributed by atoms with Crippen molar-refractivity contribution in [2.24, 2.45) is 10.7 Å². The number of aryl methyl sites for hydroxylation is 1. The highest BCUT2D eigenvalue weighted by molar-refractivity contribution is 7.89. The van der Waals surface area contributed by atoms with Gasteiger partial charge in [0.15, 0.2) is 0 Å². The van der Waals surface area contributed by atoms with Crippen molar-refractivity contribution in [2.75, 3.05) is 24.5 Å². The summed E-state index contributed by atoms with van der Waals surface area (Å²) < 4.78 is 27.9. The number of nitrogens with zero attached hydrogens (tertiary/aromatic N) is 3. The van der Waals surface area contributed by atoms with Crippen LogP contribution < -0.4 is 16.0 Å². The molecule has 2 aliphatic rings. The zero-order valence-electron chi connectivity index (χ0n) is 18.4. The Morgan fingerprint density at radius 3 is 2.78 bits per heavy atom. The first-order valence-corrected chi connectivity index (χ1v) is 12.4. The Hall–Kier alpha value is -3.07. The standard InChI is InChI=1S/C23H29N5O3S/c1-3-4-12-25-23(29)27-13-11-17-14-18(9-10-21(17)27)32(30,31)28-15-20(26-22(28)24)19-8-6-5-7-16(19)2/h5-10,14,20H,3-4,11-13,15H2,1-2H3,(H2,24,26)(H,25,29)/t20-/m1/s1. The summed E-state index contributed by atoms with van der Waals surface area (Å²) in [5, 5.41) is 2.92. The molecule has 0 saturated carbocycles. The number of sulfonamides is 1. The van der Waals surface area contributed by atoms with Crippen LogP contribution in [0, 0.1) is 6.92 Å². The number of carbonyl (C=O) groups excluding carboxylic acids is 1. The van der Waals surface area contributed by atoms with Gasteiger partial charge >= 0.3 is 6.03 Å². The first-order valence-electron chi connectivity index (χ1n) is 10.9. The summed E-state index contributed by atoms with van der Waals surface area (Å²) in [6, 6.07) is 12.2. The Kier molecular flexibility index (Phi) is 6.10. The van der Waals surface area contributed by atoms with Crippen molar-refractivity contribution in [1.29, 1.82) is 0 Å². The summed E-state index contributed by atoms with van der Waals surface area (Å²) in [5.74, 6) is -0.00400. The second-order valence-electron chi connectivity index (χ2n) is 8.17. The van der Waals surface area contributed by atoms with Crippen LogP contribution in [-0.4, -0.2) is 44.3 Å². The largest absolute Gasteiger partial charge is 0.369 e. The highest BCUT2D eigenvalue weighted by Gasteiger charge is 2.36. The molecule has 0 radical (unpaired) electrons. The first-order chi connectivity index (χ1) is 15.3. The number of benzene rings is 2. The number of urea groups is 1. The zero-order valence-corrected chi connectivity index (χ0v) is 19.2. The molecule has 0 bridgehead atoms. The van der Waals surface area contributed by atoms with Gasteiger partial charge in [-0.1, -0.05) is 37.6 Å². The Morgan fingerprint density at radius 2 is 2.03 bits per heavy atom. The summed E-state index contributed by atoms with van der Waals surface area (Å²) in [6.07, 6.45) is 2.53. The van der Waals surface area contributed by atoms with E-state index in [1.807, 2.05) is 31.2 Å². The van der Waals surface area contributed by atoms with E-state index in [0.29, 0.717) is 19.5 Å². The van der Waals surface area contributed by atoms with Crippen LogP contribution in [0.25, 0.3) is 0 Å². The van der Waals surface area contributed by atoms with E-state index in [2.05, 4.69) is 17.2 Å². The molecule has 2 aliphatic heterocycles. The average Bonchev–Trinajstić information content (AvgIpc) is 3.37. The minimum absolute atomic E-state index is 0.00400. The number of guanidine groups is 1. The molecular formula is C23H29N5O3S. The molecule has 2 heterocycles. The monoisotopic (exact) mass is 455 g/mol. The maximum atomic E-state index is 13.4. The molecule has 8 nitrogen and oxygen atoms in total. The van der Waals surface area contributed by atoms with E-state index in [9.17, 15) is 13.2 Å². The minimum Gasteiger partial charge on any atom is -0.369 e. The van der Waals surface area contributed by atoms with Gasteiger partial charge in [-0.25, -0.2) is 22.5 Å². The molecule has 2 amide bonds. The van der Waals surface area contributed by atoms with E-state index in [-0.39, 0.29) is 29.5 Å². The lowest BCUT2D eigenvalue weighted by atomic mass is 10.0. The van der Waals surface area contributed by atoms with Gasteiger partial charge in [-0.3, -0.25) is 4.90 Å². The molecule has 3 N–H and O–H groups in total. The predicted molar refractivity (Wildman–Crippen MR) is 125 cm³/mol. The van der Waals surface area contributed by atoms with Gasteiger partial charge in [0.1, 0.15) is 0 Å². The summed E-state index contributed by atoms with van der Waals surface area (Å²) in [6.45, 7) is 5.37. The first kappa shape index (κ1) is 22.1. The number of fused-ring (bicyclic) bond motifs is 1. The number of unbranched alkanes of at least 4 members (excludes halogenated alkanes) is 1. The molecular weight excluding hydrogens is 426 g/mol. The quantitative estimate of drug-likeness (QED) is 0.653. The molecule has 0 unspecified atom stereocenters. The summed E-state index contributed by atoms with van der Waals surface area (Å²) in [5.41, 5.74) is 9.64. The predicted octanol–water partition coefficient (Wildman–Crippen LogP) is 2.93. The molecule has 1 atom stereocenters. The summed E-state index contributed by atoms with van der Waals surface area (Å²) >= 11 is 0. The molecule has 170 valence electrons. The molecule has 0 spiro atoms. The van der Waals surface area contributed by atoms with Crippen molar-refractivity contribution in [3.63, 3.8) is 0 Å². The van der Waals surface area contributed by atoms with Gasteiger partial charge in [0.25, 0.3) is 10.0 Å². The third-order valence-electron chi connectivity index (χ3n) is 6.02. The van der Waals surface area contributed by atoms with Crippen LogP contribution in [0.3, 0.4) is 0 Å². The van der Waals surface area contributed by atoms with E-state index < -0.39 is 10.0 Å². The number of nitrogens with one attached hydrogen (secondary N) is 1.